The van der Waals surface area contributed by atoms with Crippen LogP contribution in [0.1, 0.15) is 11.1 Å². The van der Waals surface area contributed by atoms with Crippen LogP contribution in [-0.2, 0) is 0 Å². The van der Waals surface area contributed by atoms with E-state index < -0.39 is 11.6 Å². The fraction of sp³-hybridized carbons (Fsp3) is 0.125. The summed E-state index contributed by atoms with van der Waals surface area (Å²) in [5.74, 6) is -1.64. The maximum absolute atomic E-state index is 13.4. The summed E-state index contributed by atoms with van der Waals surface area (Å²) >= 11 is 0. The molecule has 0 atom stereocenters. The van der Waals surface area contributed by atoms with Gasteiger partial charge < -0.3 is 4.90 Å². The molecule has 0 N–H and O–H groups in total. The maximum Gasteiger partial charge on any atom is 0.166 e. The van der Waals surface area contributed by atoms with Gasteiger partial charge in [0, 0.05) is 25.3 Å². The monoisotopic (exact) mass is 259 g/mol. The van der Waals surface area contributed by atoms with Gasteiger partial charge in [0.2, 0.25) is 0 Å². The zero-order valence-corrected chi connectivity index (χ0v) is 10.9. The van der Waals surface area contributed by atoms with Crippen molar-refractivity contribution in [1.29, 1.82) is 0 Å². The van der Waals surface area contributed by atoms with Crippen LogP contribution in [0.15, 0.2) is 42.5 Å². The van der Waals surface area contributed by atoms with Gasteiger partial charge in [0.1, 0.15) is 0 Å². The summed E-state index contributed by atoms with van der Waals surface area (Å²) in [6, 6.07) is 12.0. The standard InChI is InChI=1S/C16H15F2N/c1-19(2)14-10-7-12(8-11-14)6-9-13-4-3-5-15(17)16(13)18/h3-11H,1-2H3. The summed E-state index contributed by atoms with van der Waals surface area (Å²) in [6.07, 6.45) is 3.33. The lowest BCUT2D eigenvalue weighted by Crippen LogP contribution is -2.07. The molecule has 0 saturated heterocycles. The normalized spacial score (nSPS) is 10.9. The summed E-state index contributed by atoms with van der Waals surface area (Å²) in [5.41, 5.74) is 2.28. The first-order chi connectivity index (χ1) is 9.08. The van der Waals surface area contributed by atoms with Gasteiger partial charge in [0.25, 0.3) is 0 Å². The van der Waals surface area contributed by atoms with Gasteiger partial charge in [0.15, 0.2) is 11.6 Å². The van der Waals surface area contributed by atoms with Crippen LogP contribution in [0.25, 0.3) is 12.2 Å². The number of halogens is 2. The van der Waals surface area contributed by atoms with Crippen LogP contribution in [0.4, 0.5) is 14.5 Å². The molecule has 0 aromatic heterocycles. The van der Waals surface area contributed by atoms with Crippen molar-refractivity contribution >= 4 is 17.8 Å². The SMILES string of the molecule is CN(C)c1ccc(C=Cc2cccc(F)c2F)cc1. The van der Waals surface area contributed by atoms with E-state index >= 15 is 0 Å². The molecular weight excluding hydrogens is 244 g/mol. The number of nitrogens with zero attached hydrogens (tertiary/aromatic N) is 1. The third kappa shape index (κ3) is 3.19. The Kier molecular flexibility index (Phi) is 3.95. The lowest BCUT2D eigenvalue weighted by molar-refractivity contribution is 0.507. The molecule has 1 nitrogen and oxygen atoms in total. The molecule has 0 saturated carbocycles. The fourth-order valence-corrected chi connectivity index (χ4v) is 1.72. The minimum absolute atomic E-state index is 0.247. The number of anilines is 1. The van der Waals surface area contributed by atoms with Crippen molar-refractivity contribution in [3.8, 4) is 0 Å². The molecule has 0 heterocycles. The van der Waals surface area contributed by atoms with E-state index in [0.29, 0.717) is 0 Å². The second-order valence-electron chi connectivity index (χ2n) is 4.46. The van der Waals surface area contributed by atoms with E-state index in [4.69, 9.17) is 0 Å². The van der Waals surface area contributed by atoms with Crippen LogP contribution in [0, 0.1) is 11.6 Å². The predicted molar refractivity (Wildman–Crippen MR) is 76.1 cm³/mol. The van der Waals surface area contributed by atoms with Gasteiger partial charge in [-0.15, -0.1) is 0 Å². The second-order valence-corrected chi connectivity index (χ2v) is 4.46. The van der Waals surface area contributed by atoms with Crippen molar-refractivity contribution in [3.63, 3.8) is 0 Å². The predicted octanol–water partition coefficient (Wildman–Crippen LogP) is 4.20. The summed E-state index contributed by atoms with van der Waals surface area (Å²) in [4.78, 5) is 2.00. The molecule has 0 radical (unpaired) electrons. The highest BCUT2D eigenvalue weighted by molar-refractivity contribution is 5.70. The zero-order valence-electron chi connectivity index (χ0n) is 10.9. The van der Waals surface area contributed by atoms with Gasteiger partial charge in [-0.1, -0.05) is 36.4 Å². The van der Waals surface area contributed by atoms with Crippen LogP contribution in [0.3, 0.4) is 0 Å². The van der Waals surface area contributed by atoms with Crippen LogP contribution in [-0.4, -0.2) is 14.1 Å². The molecule has 0 fully saturated rings. The molecular formula is C16H15F2N. The summed E-state index contributed by atoms with van der Waals surface area (Å²) in [7, 11) is 3.93. The zero-order chi connectivity index (χ0) is 13.8. The molecule has 0 spiro atoms. The maximum atomic E-state index is 13.4. The van der Waals surface area contributed by atoms with Crippen LogP contribution in [0.5, 0.6) is 0 Å². The first-order valence-electron chi connectivity index (χ1n) is 5.97. The largest absolute Gasteiger partial charge is 0.378 e. The molecule has 2 aromatic rings. The van der Waals surface area contributed by atoms with Gasteiger partial charge in [-0.2, -0.15) is 0 Å². The highest BCUT2D eigenvalue weighted by Gasteiger charge is 2.03. The lowest BCUT2D eigenvalue weighted by Gasteiger charge is -2.11. The average Bonchev–Trinajstić information content (AvgIpc) is 2.41. The Morgan fingerprint density at radius 1 is 0.895 bits per heavy atom. The molecule has 0 amide bonds. The minimum atomic E-state index is -0.829. The van der Waals surface area contributed by atoms with E-state index in [2.05, 4.69) is 0 Å². The minimum Gasteiger partial charge on any atom is -0.378 e. The van der Waals surface area contributed by atoms with E-state index in [1.807, 2.05) is 43.3 Å². The fourth-order valence-electron chi connectivity index (χ4n) is 1.72. The van der Waals surface area contributed by atoms with Gasteiger partial charge in [-0.3, -0.25) is 0 Å². The van der Waals surface area contributed by atoms with Crippen molar-refractivity contribution in [3.05, 3.63) is 65.2 Å². The van der Waals surface area contributed by atoms with Crippen LogP contribution in [0.2, 0.25) is 0 Å². The molecule has 98 valence electrons. The Hall–Kier alpha value is -2.16. The summed E-state index contributed by atoms with van der Waals surface area (Å²) < 4.78 is 26.5. The van der Waals surface area contributed by atoms with E-state index in [0.717, 1.165) is 17.3 Å². The smallest absolute Gasteiger partial charge is 0.166 e. The van der Waals surface area contributed by atoms with Crippen molar-refractivity contribution in [2.45, 2.75) is 0 Å². The Labute approximate surface area is 111 Å². The highest BCUT2D eigenvalue weighted by Crippen LogP contribution is 2.17. The van der Waals surface area contributed by atoms with Crippen LogP contribution < -0.4 is 4.90 Å². The number of hydrogen-bond acceptors (Lipinski definition) is 1. The van der Waals surface area contributed by atoms with E-state index in [1.165, 1.54) is 6.07 Å². The molecule has 0 bridgehead atoms. The Bertz CT molecular complexity index is 586. The van der Waals surface area contributed by atoms with Crippen LogP contribution >= 0.6 is 0 Å². The Balaban J connectivity index is 2.20. The van der Waals surface area contributed by atoms with Gasteiger partial charge >= 0.3 is 0 Å². The third-order valence-corrected chi connectivity index (χ3v) is 2.85. The molecule has 0 aliphatic rings. The molecule has 0 unspecified atom stereocenters. The number of benzene rings is 2. The molecule has 19 heavy (non-hydrogen) atoms. The topological polar surface area (TPSA) is 3.24 Å². The van der Waals surface area contributed by atoms with Gasteiger partial charge in [0.05, 0.1) is 0 Å². The first-order valence-corrected chi connectivity index (χ1v) is 5.97. The first kappa shape index (κ1) is 13.3. The number of rotatable bonds is 3. The Morgan fingerprint density at radius 3 is 2.21 bits per heavy atom. The molecule has 3 heteroatoms. The third-order valence-electron chi connectivity index (χ3n) is 2.85. The van der Waals surface area contributed by atoms with Gasteiger partial charge in [-0.05, 0) is 23.8 Å². The molecule has 2 aromatic carbocycles. The number of hydrogen-bond donors (Lipinski definition) is 0. The molecule has 0 aliphatic carbocycles. The lowest BCUT2D eigenvalue weighted by atomic mass is 10.1. The van der Waals surface area contributed by atoms with Crippen molar-refractivity contribution in [2.75, 3.05) is 19.0 Å². The molecule has 0 aliphatic heterocycles. The summed E-state index contributed by atoms with van der Waals surface area (Å²) in [5, 5.41) is 0. The highest BCUT2D eigenvalue weighted by atomic mass is 19.2. The quantitative estimate of drug-likeness (QED) is 0.747. The van der Waals surface area contributed by atoms with Gasteiger partial charge in [-0.25, -0.2) is 8.78 Å². The average molecular weight is 259 g/mol. The summed E-state index contributed by atoms with van der Waals surface area (Å²) in [6.45, 7) is 0. The van der Waals surface area contributed by atoms with Crippen molar-refractivity contribution < 1.29 is 8.78 Å². The second kappa shape index (κ2) is 5.65. The van der Waals surface area contributed by atoms with E-state index in [1.54, 1.807) is 18.2 Å². The van der Waals surface area contributed by atoms with E-state index in [9.17, 15) is 8.78 Å². The van der Waals surface area contributed by atoms with Crippen molar-refractivity contribution in [1.82, 2.24) is 0 Å². The molecule has 2 rings (SSSR count). The Morgan fingerprint density at radius 2 is 1.58 bits per heavy atom. The van der Waals surface area contributed by atoms with Crippen molar-refractivity contribution in [2.24, 2.45) is 0 Å². The van der Waals surface area contributed by atoms with E-state index in [-0.39, 0.29) is 5.56 Å².